The monoisotopic (exact) mass is 296 g/mol. The molecule has 1 N–H and O–H groups in total. The molecule has 1 aromatic heterocycles. The minimum atomic E-state index is 0.200. The normalized spacial score (nSPS) is 23.4. The van der Waals surface area contributed by atoms with E-state index in [2.05, 4.69) is 42.9 Å². The molecule has 5 nitrogen and oxygen atoms in total. The maximum absolute atomic E-state index is 12.4. The molecule has 6 heteroatoms. The van der Waals surface area contributed by atoms with Crippen molar-refractivity contribution in [1.82, 2.24) is 20.1 Å². The van der Waals surface area contributed by atoms with Gasteiger partial charge in [0.05, 0.1) is 5.75 Å². The average Bonchev–Trinajstić information content (AvgIpc) is 2.85. The fourth-order valence-electron chi connectivity index (χ4n) is 2.69. The van der Waals surface area contributed by atoms with Crippen molar-refractivity contribution in [2.24, 2.45) is 0 Å². The highest BCUT2D eigenvalue weighted by Crippen LogP contribution is 2.24. The fraction of sp³-hybridized carbons (Fsp3) is 0.786. The van der Waals surface area contributed by atoms with Gasteiger partial charge >= 0.3 is 0 Å². The third kappa shape index (κ3) is 3.53. The van der Waals surface area contributed by atoms with Crippen molar-refractivity contribution >= 4 is 17.7 Å². The van der Waals surface area contributed by atoms with Crippen molar-refractivity contribution in [2.45, 2.75) is 70.1 Å². The van der Waals surface area contributed by atoms with Crippen LogP contribution in [0.5, 0.6) is 0 Å². The highest BCUT2D eigenvalue weighted by atomic mass is 32.2. The van der Waals surface area contributed by atoms with Gasteiger partial charge in [-0.2, -0.15) is 0 Å². The Bertz CT molecular complexity index is 450. The Morgan fingerprint density at radius 1 is 1.40 bits per heavy atom. The van der Waals surface area contributed by atoms with Gasteiger partial charge in [-0.15, -0.1) is 5.10 Å². The van der Waals surface area contributed by atoms with Crippen molar-refractivity contribution in [2.75, 3.05) is 5.75 Å². The van der Waals surface area contributed by atoms with Crippen LogP contribution in [0.1, 0.15) is 58.7 Å². The molecule has 0 spiro atoms. The van der Waals surface area contributed by atoms with E-state index in [1.165, 1.54) is 18.2 Å². The Morgan fingerprint density at radius 2 is 2.05 bits per heavy atom. The lowest BCUT2D eigenvalue weighted by molar-refractivity contribution is -0.134. The Balaban J connectivity index is 1.90. The first kappa shape index (κ1) is 15.4. The van der Waals surface area contributed by atoms with E-state index in [0.29, 0.717) is 28.9 Å². The molecule has 1 aliphatic rings. The largest absolute Gasteiger partial charge is 0.337 e. The van der Waals surface area contributed by atoms with E-state index in [9.17, 15) is 4.79 Å². The Kier molecular flexibility index (Phi) is 5.07. The zero-order chi connectivity index (χ0) is 14.7. The van der Waals surface area contributed by atoms with Crippen LogP contribution in [0.15, 0.2) is 5.16 Å². The summed E-state index contributed by atoms with van der Waals surface area (Å²) in [6.07, 6.45) is 3.44. The van der Waals surface area contributed by atoms with Crippen molar-refractivity contribution < 1.29 is 4.79 Å². The number of nitrogens with zero attached hydrogens (tertiary/aromatic N) is 3. The number of amides is 1. The molecule has 1 aliphatic heterocycles. The summed E-state index contributed by atoms with van der Waals surface area (Å²) in [7, 11) is 0. The molecule has 0 aromatic carbocycles. The predicted octanol–water partition coefficient (Wildman–Crippen LogP) is 2.81. The third-order valence-corrected chi connectivity index (χ3v) is 4.67. The minimum Gasteiger partial charge on any atom is -0.337 e. The van der Waals surface area contributed by atoms with Crippen LogP contribution in [0.4, 0.5) is 0 Å². The van der Waals surface area contributed by atoms with Crippen LogP contribution in [0.3, 0.4) is 0 Å². The van der Waals surface area contributed by atoms with Crippen molar-refractivity contribution in [1.29, 1.82) is 0 Å². The summed E-state index contributed by atoms with van der Waals surface area (Å²) in [6.45, 7) is 8.41. The molecular weight excluding hydrogens is 272 g/mol. The molecule has 2 atom stereocenters. The van der Waals surface area contributed by atoms with Gasteiger partial charge in [-0.05, 0) is 33.1 Å². The fourth-order valence-corrected chi connectivity index (χ4v) is 3.37. The predicted molar refractivity (Wildman–Crippen MR) is 80.8 cm³/mol. The molecule has 0 bridgehead atoms. The summed E-state index contributed by atoms with van der Waals surface area (Å²) >= 11 is 1.42. The van der Waals surface area contributed by atoms with E-state index in [1.54, 1.807) is 0 Å². The van der Waals surface area contributed by atoms with E-state index in [4.69, 9.17) is 0 Å². The van der Waals surface area contributed by atoms with Crippen LogP contribution in [-0.4, -0.2) is 43.8 Å². The standard InChI is InChI=1S/C14H24N4OS/c1-9(2)13-15-14(17-16-13)20-8-12(19)18-10(3)6-5-7-11(18)4/h9-11H,5-8H2,1-4H3,(H,15,16,17)/t10-,11-/m1/s1. The van der Waals surface area contributed by atoms with Gasteiger partial charge in [-0.25, -0.2) is 4.98 Å². The van der Waals surface area contributed by atoms with Crippen LogP contribution in [0.25, 0.3) is 0 Å². The van der Waals surface area contributed by atoms with Crippen molar-refractivity contribution in [3.63, 3.8) is 0 Å². The van der Waals surface area contributed by atoms with Crippen molar-refractivity contribution in [3.05, 3.63) is 5.82 Å². The Labute approximate surface area is 124 Å². The second kappa shape index (κ2) is 6.61. The van der Waals surface area contributed by atoms with Crippen LogP contribution < -0.4 is 0 Å². The number of aromatic amines is 1. The van der Waals surface area contributed by atoms with E-state index in [0.717, 1.165) is 18.7 Å². The average molecular weight is 296 g/mol. The molecule has 0 saturated carbocycles. The highest BCUT2D eigenvalue weighted by Gasteiger charge is 2.28. The maximum Gasteiger partial charge on any atom is 0.233 e. The third-order valence-electron chi connectivity index (χ3n) is 3.84. The lowest BCUT2D eigenvalue weighted by Gasteiger charge is -2.39. The molecular formula is C14H24N4OS. The number of hydrogen-bond donors (Lipinski definition) is 1. The van der Waals surface area contributed by atoms with Gasteiger partial charge in [0.15, 0.2) is 0 Å². The van der Waals surface area contributed by atoms with E-state index < -0.39 is 0 Å². The summed E-state index contributed by atoms with van der Waals surface area (Å²) in [4.78, 5) is 18.8. The summed E-state index contributed by atoms with van der Waals surface area (Å²) < 4.78 is 0. The van der Waals surface area contributed by atoms with Gasteiger partial charge in [-0.1, -0.05) is 25.6 Å². The highest BCUT2D eigenvalue weighted by molar-refractivity contribution is 7.99. The lowest BCUT2D eigenvalue weighted by Crippen LogP contribution is -2.48. The van der Waals surface area contributed by atoms with Gasteiger partial charge in [-0.3, -0.25) is 9.89 Å². The van der Waals surface area contributed by atoms with Crippen molar-refractivity contribution in [3.8, 4) is 0 Å². The summed E-state index contributed by atoms with van der Waals surface area (Å²) in [5, 5.41) is 7.73. The number of likely N-dealkylation sites (tertiary alicyclic amines) is 1. The SMILES string of the molecule is CC(C)c1nc(SCC(=O)N2[C@H](C)CCC[C@H]2C)n[nH]1. The number of aromatic nitrogens is 3. The van der Waals surface area contributed by atoms with E-state index >= 15 is 0 Å². The summed E-state index contributed by atoms with van der Waals surface area (Å²) in [5.41, 5.74) is 0. The Hall–Kier alpha value is -1.04. The second-order valence-corrected chi connectivity index (χ2v) is 6.82. The molecule has 20 heavy (non-hydrogen) atoms. The van der Waals surface area contributed by atoms with Gasteiger partial charge in [0, 0.05) is 18.0 Å². The van der Waals surface area contributed by atoms with Crippen LogP contribution in [-0.2, 0) is 4.79 Å². The number of piperidine rings is 1. The lowest BCUT2D eigenvalue weighted by atomic mass is 9.98. The van der Waals surface area contributed by atoms with Crippen LogP contribution in [0.2, 0.25) is 0 Å². The molecule has 2 heterocycles. The molecule has 2 rings (SSSR count). The number of carbonyl (C=O) groups excluding carboxylic acids is 1. The van der Waals surface area contributed by atoms with Gasteiger partial charge in [0.1, 0.15) is 5.82 Å². The number of carbonyl (C=O) groups is 1. The Morgan fingerprint density at radius 3 is 2.60 bits per heavy atom. The number of hydrogen-bond acceptors (Lipinski definition) is 4. The zero-order valence-electron chi connectivity index (χ0n) is 12.7. The first-order valence-corrected chi connectivity index (χ1v) is 8.34. The molecule has 1 amide bonds. The molecule has 1 aromatic rings. The minimum absolute atomic E-state index is 0.200. The molecule has 112 valence electrons. The second-order valence-electron chi connectivity index (χ2n) is 5.88. The van der Waals surface area contributed by atoms with E-state index in [-0.39, 0.29) is 5.91 Å². The van der Waals surface area contributed by atoms with Crippen LogP contribution in [0, 0.1) is 0 Å². The van der Waals surface area contributed by atoms with E-state index in [1.807, 2.05) is 4.90 Å². The number of rotatable bonds is 4. The quantitative estimate of drug-likeness (QED) is 0.868. The first-order chi connectivity index (χ1) is 9.49. The zero-order valence-corrected chi connectivity index (χ0v) is 13.5. The summed E-state index contributed by atoms with van der Waals surface area (Å²) in [5.74, 6) is 1.82. The van der Waals surface area contributed by atoms with Gasteiger partial charge in [0.2, 0.25) is 11.1 Å². The number of H-pyrrole nitrogens is 1. The molecule has 0 aliphatic carbocycles. The number of thioether (sulfide) groups is 1. The maximum atomic E-state index is 12.4. The first-order valence-electron chi connectivity index (χ1n) is 7.35. The molecule has 1 saturated heterocycles. The van der Waals surface area contributed by atoms with Gasteiger partial charge in [0.25, 0.3) is 0 Å². The smallest absolute Gasteiger partial charge is 0.233 e. The summed E-state index contributed by atoms with van der Waals surface area (Å²) in [6, 6.07) is 0.704. The molecule has 0 unspecified atom stereocenters. The topological polar surface area (TPSA) is 61.9 Å². The number of nitrogens with one attached hydrogen (secondary N) is 1. The van der Waals surface area contributed by atoms with Crippen LogP contribution >= 0.6 is 11.8 Å². The van der Waals surface area contributed by atoms with Gasteiger partial charge < -0.3 is 4.90 Å². The molecule has 1 fully saturated rings. The molecule has 0 radical (unpaired) electrons.